The second-order valence-electron chi connectivity index (χ2n) is 11.4. The zero-order valence-electron chi connectivity index (χ0n) is 23.9. The lowest BCUT2D eigenvalue weighted by molar-refractivity contribution is 0.669. The van der Waals surface area contributed by atoms with Gasteiger partial charge in [0.25, 0.3) is 0 Å². The van der Waals surface area contributed by atoms with E-state index >= 15 is 0 Å². The van der Waals surface area contributed by atoms with Gasteiger partial charge in [0, 0.05) is 48.4 Å². The molecule has 0 saturated heterocycles. The Morgan fingerprint density at radius 2 is 1.27 bits per heavy atom. The summed E-state index contributed by atoms with van der Waals surface area (Å²) in [7, 11) is 0. The van der Waals surface area contributed by atoms with Crippen LogP contribution in [0.4, 0.5) is 0 Å². The van der Waals surface area contributed by atoms with E-state index < -0.39 is 0 Å². The zero-order chi connectivity index (χ0) is 29.5. The third-order valence-electron chi connectivity index (χ3n) is 8.80. The van der Waals surface area contributed by atoms with Gasteiger partial charge in [-0.15, -0.1) is 11.3 Å². The molecule has 0 bridgehead atoms. The molecule has 45 heavy (non-hydrogen) atoms. The van der Waals surface area contributed by atoms with Gasteiger partial charge in [0.05, 0.1) is 26.9 Å². The molecule has 4 aromatic heterocycles. The molecule has 0 saturated carbocycles. The second kappa shape index (κ2) is 9.36. The first-order valence-corrected chi connectivity index (χ1v) is 15.8. The molecule has 0 aliphatic carbocycles. The molecule has 10 aromatic rings. The molecule has 210 valence electrons. The van der Waals surface area contributed by atoms with E-state index in [2.05, 4.69) is 126 Å². The van der Waals surface area contributed by atoms with E-state index in [9.17, 15) is 0 Å². The van der Waals surface area contributed by atoms with Crippen molar-refractivity contribution in [1.29, 1.82) is 0 Å². The molecule has 4 heterocycles. The largest absolute Gasteiger partial charge is 0.456 e. The van der Waals surface area contributed by atoms with E-state index in [0.717, 1.165) is 82.3 Å². The first kappa shape index (κ1) is 24.6. The molecule has 0 unspecified atom stereocenters. The SMILES string of the molecule is c1ccc(-c2nc(-c3cccc(-n4c5ccccc5c5cc6oc7ccccc7c6cc54)c3)nc3c2sc2ccccc23)cc1. The lowest BCUT2D eigenvalue weighted by atomic mass is 10.1. The summed E-state index contributed by atoms with van der Waals surface area (Å²) in [6, 6.07) is 48.9. The van der Waals surface area contributed by atoms with Gasteiger partial charge in [-0.25, -0.2) is 9.97 Å². The molecule has 5 heteroatoms. The van der Waals surface area contributed by atoms with Crippen molar-refractivity contribution in [2.45, 2.75) is 0 Å². The summed E-state index contributed by atoms with van der Waals surface area (Å²) in [5, 5.41) is 5.75. The van der Waals surface area contributed by atoms with Crippen LogP contribution in [0.25, 0.3) is 92.4 Å². The maximum absolute atomic E-state index is 6.28. The molecule has 0 fully saturated rings. The molecule has 4 nitrogen and oxygen atoms in total. The van der Waals surface area contributed by atoms with Crippen molar-refractivity contribution >= 4 is 75.4 Å². The monoisotopic (exact) mass is 593 g/mol. The Balaban J connectivity index is 1.24. The van der Waals surface area contributed by atoms with Crippen LogP contribution in [0.15, 0.2) is 144 Å². The zero-order valence-corrected chi connectivity index (χ0v) is 24.8. The average molecular weight is 594 g/mol. The van der Waals surface area contributed by atoms with Crippen molar-refractivity contribution in [3.8, 4) is 28.3 Å². The molecule has 0 aliphatic rings. The van der Waals surface area contributed by atoms with Crippen LogP contribution in [0.5, 0.6) is 0 Å². The Bertz CT molecular complexity index is 2770. The molecular formula is C40H23N3OS. The number of hydrogen-bond donors (Lipinski definition) is 0. The molecule has 0 radical (unpaired) electrons. The first-order valence-electron chi connectivity index (χ1n) is 15.0. The van der Waals surface area contributed by atoms with Gasteiger partial charge in [-0.2, -0.15) is 0 Å². The van der Waals surface area contributed by atoms with Gasteiger partial charge in [0.1, 0.15) is 11.2 Å². The third kappa shape index (κ3) is 3.65. The molecule has 0 atom stereocenters. The number of furan rings is 1. The van der Waals surface area contributed by atoms with Gasteiger partial charge < -0.3 is 8.98 Å². The Hall–Kier alpha value is -5.78. The Morgan fingerprint density at radius 3 is 2.18 bits per heavy atom. The average Bonchev–Trinajstić information content (AvgIpc) is 3.76. The fourth-order valence-corrected chi connectivity index (χ4v) is 7.91. The maximum Gasteiger partial charge on any atom is 0.160 e. The van der Waals surface area contributed by atoms with E-state index in [1.54, 1.807) is 11.3 Å². The van der Waals surface area contributed by atoms with Crippen LogP contribution in [0.3, 0.4) is 0 Å². The highest BCUT2D eigenvalue weighted by atomic mass is 32.1. The van der Waals surface area contributed by atoms with Gasteiger partial charge in [-0.1, -0.05) is 97.1 Å². The molecular weight excluding hydrogens is 571 g/mol. The molecule has 10 rings (SSSR count). The summed E-state index contributed by atoms with van der Waals surface area (Å²) in [5.74, 6) is 0.718. The van der Waals surface area contributed by atoms with Crippen LogP contribution in [0, 0.1) is 0 Å². The Labute approximate surface area is 261 Å². The number of aromatic nitrogens is 3. The van der Waals surface area contributed by atoms with Crippen LogP contribution in [-0.4, -0.2) is 14.5 Å². The van der Waals surface area contributed by atoms with E-state index in [-0.39, 0.29) is 0 Å². The number of rotatable bonds is 3. The molecule has 0 N–H and O–H groups in total. The molecule has 0 aliphatic heterocycles. The quantitative estimate of drug-likeness (QED) is 0.205. The predicted molar refractivity (Wildman–Crippen MR) is 187 cm³/mol. The highest BCUT2D eigenvalue weighted by molar-refractivity contribution is 7.26. The third-order valence-corrected chi connectivity index (χ3v) is 9.97. The minimum Gasteiger partial charge on any atom is -0.456 e. The van der Waals surface area contributed by atoms with E-state index in [1.807, 2.05) is 18.2 Å². The summed E-state index contributed by atoms with van der Waals surface area (Å²) >= 11 is 1.76. The number of fused-ring (bicyclic) bond motifs is 9. The fourth-order valence-electron chi connectivity index (χ4n) is 6.76. The summed E-state index contributed by atoms with van der Waals surface area (Å²) in [6.45, 7) is 0. The van der Waals surface area contributed by atoms with Gasteiger partial charge in [0.15, 0.2) is 5.82 Å². The highest BCUT2D eigenvalue weighted by Gasteiger charge is 2.19. The van der Waals surface area contributed by atoms with Gasteiger partial charge >= 0.3 is 0 Å². The Morgan fingerprint density at radius 1 is 0.511 bits per heavy atom. The summed E-state index contributed by atoms with van der Waals surface area (Å²) < 4.78 is 11.0. The number of para-hydroxylation sites is 2. The number of nitrogens with zero attached hydrogens (tertiary/aromatic N) is 3. The van der Waals surface area contributed by atoms with E-state index in [1.165, 1.54) is 10.1 Å². The van der Waals surface area contributed by atoms with Crippen molar-refractivity contribution in [3.05, 3.63) is 140 Å². The van der Waals surface area contributed by atoms with Crippen molar-refractivity contribution in [3.63, 3.8) is 0 Å². The minimum atomic E-state index is 0.718. The number of benzene rings is 6. The van der Waals surface area contributed by atoms with Crippen molar-refractivity contribution in [2.24, 2.45) is 0 Å². The number of hydrogen-bond acceptors (Lipinski definition) is 4. The molecule has 0 amide bonds. The maximum atomic E-state index is 6.28. The van der Waals surface area contributed by atoms with Gasteiger partial charge in [-0.05, 0) is 42.5 Å². The standard InChI is InChI=1S/C40H23N3OS/c1-2-11-24(12-3-1)37-39-38(29-17-6-9-20-36(29)45-39)42-40(41-37)25-13-10-14-26(21-25)43-32-18-7-4-15-27(32)30-23-35-31(22-33(30)43)28-16-5-8-19-34(28)44-35/h1-23H. The van der Waals surface area contributed by atoms with Crippen LogP contribution < -0.4 is 0 Å². The van der Waals surface area contributed by atoms with Crippen LogP contribution >= 0.6 is 11.3 Å². The summed E-state index contributed by atoms with van der Waals surface area (Å²) in [4.78, 5) is 10.4. The smallest absolute Gasteiger partial charge is 0.160 e. The lowest BCUT2D eigenvalue weighted by Crippen LogP contribution is -1.97. The predicted octanol–water partition coefficient (Wildman–Crippen LogP) is 11.2. The lowest BCUT2D eigenvalue weighted by Gasteiger charge is -2.11. The highest BCUT2D eigenvalue weighted by Crippen LogP contribution is 2.41. The van der Waals surface area contributed by atoms with Crippen molar-refractivity contribution in [2.75, 3.05) is 0 Å². The van der Waals surface area contributed by atoms with E-state index in [0.29, 0.717) is 0 Å². The van der Waals surface area contributed by atoms with E-state index in [4.69, 9.17) is 14.4 Å². The molecule has 0 spiro atoms. The normalized spacial score (nSPS) is 12.0. The summed E-state index contributed by atoms with van der Waals surface area (Å²) in [5.41, 5.74) is 9.18. The molecule has 6 aromatic carbocycles. The minimum absolute atomic E-state index is 0.718. The van der Waals surface area contributed by atoms with Crippen LogP contribution in [-0.2, 0) is 0 Å². The number of thiophene rings is 1. The Kier molecular flexibility index (Phi) is 5.12. The van der Waals surface area contributed by atoms with Gasteiger partial charge in [-0.3, -0.25) is 0 Å². The topological polar surface area (TPSA) is 43.9 Å². The second-order valence-corrected chi connectivity index (χ2v) is 12.5. The van der Waals surface area contributed by atoms with Crippen molar-refractivity contribution in [1.82, 2.24) is 14.5 Å². The summed E-state index contributed by atoms with van der Waals surface area (Å²) in [6.07, 6.45) is 0. The van der Waals surface area contributed by atoms with Crippen molar-refractivity contribution < 1.29 is 4.42 Å². The van der Waals surface area contributed by atoms with Crippen LogP contribution in [0.2, 0.25) is 0 Å². The van der Waals surface area contributed by atoms with Gasteiger partial charge in [0.2, 0.25) is 0 Å². The van der Waals surface area contributed by atoms with Crippen LogP contribution in [0.1, 0.15) is 0 Å². The first-order chi connectivity index (χ1) is 22.3. The fraction of sp³-hybridized carbons (Fsp3) is 0.